The van der Waals surface area contributed by atoms with Crippen molar-refractivity contribution in [2.75, 3.05) is 31.2 Å². The third-order valence-corrected chi connectivity index (χ3v) is 3.81. The van der Waals surface area contributed by atoms with Gasteiger partial charge in [0.1, 0.15) is 10.7 Å². The third-order valence-electron chi connectivity index (χ3n) is 3.81. The number of nitrogens with one attached hydrogen (secondary N) is 1. The Hall–Kier alpha value is -2.94. The van der Waals surface area contributed by atoms with E-state index < -0.39 is 16.7 Å². The summed E-state index contributed by atoms with van der Waals surface area (Å²) in [6.45, 7) is 2.46. The van der Waals surface area contributed by atoms with Crippen molar-refractivity contribution >= 4 is 17.5 Å². The van der Waals surface area contributed by atoms with E-state index in [0.717, 1.165) is 6.07 Å². The van der Waals surface area contributed by atoms with Crippen LogP contribution in [-0.2, 0) is 11.3 Å². The van der Waals surface area contributed by atoms with Crippen molar-refractivity contribution < 1.29 is 23.3 Å². The van der Waals surface area contributed by atoms with E-state index in [4.69, 9.17) is 9.15 Å². The molecule has 1 aliphatic heterocycles. The molecule has 132 valence electrons. The van der Waals surface area contributed by atoms with Gasteiger partial charge in [0.25, 0.3) is 5.91 Å². The highest BCUT2D eigenvalue weighted by Crippen LogP contribution is 2.22. The van der Waals surface area contributed by atoms with Crippen molar-refractivity contribution in [2.24, 2.45) is 0 Å². The summed E-state index contributed by atoms with van der Waals surface area (Å²) in [6.07, 6.45) is 0. The molecule has 0 spiro atoms. The predicted molar refractivity (Wildman–Crippen MR) is 86.0 cm³/mol. The zero-order valence-electron chi connectivity index (χ0n) is 13.2. The molecule has 0 bridgehead atoms. The lowest BCUT2D eigenvalue weighted by atomic mass is 10.1. The molecular weight excluding hydrogens is 333 g/mol. The molecular formula is C16H16FN3O5. The molecule has 3 rings (SSSR count). The Morgan fingerprint density at radius 1 is 1.28 bits per heavy atom. The van der Waals surface area contributed by atoms with Gasteiger partial charge in [-0.15, -0.1) is 0 Å². The molecule has 2 aromatic rings. The Kier molecular flexibility index (Phi) is 4.94. The number of halogens is 1. The van der Waals surface area contributed by atoms with Crippen LogP contribution < -0.4 is 10.2 Å². The lowest BCUT2D eigenvalue weighted by Gasteiger charge is -2.29. The fraction of sp³-hybridized carbons (Fsp3) is 0.312. The molecule has 1 fully saturated rings. The van der Waals surface area contributed by atoms with Crippen LogP contribution in [0.15, 0.2) is 34.7 Å². The van der Waals surface area contributed by atoms with Gasteiger partial charge in [0, 0.05) is 19.6 Å². The van der Waals surface area contributed by atoms with E-state index in [1.807, 2.05) is 4.90 Å². The van der Waals surface area contributed by atoms with E-state index in [9.17, 15) is 19.3 Å². The molecule has 0 atom stereocenters. The van der Waals surface area contributed by atoms with Crippen molar-refractivity contribution in [1.29, 1.82) is 0 Å². The van der Waals surface area contributed by atoms with E-state index in [0.29, 0.717) is 37.6 Å². The first kappa shape index (κ1) is 16.9. The van der Waals surface area contributed by atoms with Crippen LogP contribution in [0.4, 0.5) is 16.0 Å². The number of nitro groups is 1. The van der Waals surface area contributed by atoms with Crippen LogP contribution >= 0.6 is 0 Å². The summed E-state index contributed by atoms with van der Waals surface area (Å²) in [7, 11) is 0. The topological polar surface area (TPSA) is 97.9 Å². The fourth-order valence-corrected chi connectivity index (χ4v) is 2.54. The van der Waals surface area contributed by atoms with E-state index in [1.165, 1.54) is 12.1 Å². The summed E-state index contributed by atoms with van der Waals surface area (Å²) in [6, 6.07) is 7.07. The molecule has 25 heavy (non-hydrogen) atoms. The zero-order chi connectivity index (χ0) is 17.8. The first-order valence-corrected chi connectivity index (χ1v) is 7.68. The highest BCUT2D eigenvalue weighted by molar-refractivity contribution is 5.91. The van der Waals surface area contributed by atoms with Gasteiger partial charge in [0.2, 0.25) is 0 Å². The average molecular weight is 349 g/mol. The minimum atomic E-state index is -0.726. The second-order valence-corrected chi connectivity index (χ2v) is 5.46. The van der Waals surface area contributed by atoms with Gasteiger partial charge in [-0.1, -0.05) is 6.07 Å². The van der Waals surface area contributed by atoms with Crippen molar-refractivity contribution in [3.05, 3.63) is 57.6 Å². The van der Waals surface area contributed by atoms with E-state index in [-0.39, 0.29) is 18.1 Å². The number of carbonyl (C=O) groups excluding carboxylic acids is 1. The van der Waals surface area contributed by atoms with Crippen LogP contribution in [0.25, 0.3) is 0 Å². The van der Waals surface area contributed by atoms with Crippen LogP contribution in [0.5, 0.6) is 0 Å². The average Bonchev–Trinajstić information content (AvgIpc) is 3.11. The standard InChI is InChI=1S/C16H16FN3O5/c17-12-9-11(1-2-13(12)19-5-7-24-8-6-19)10-18-16(21)14-3-4-15(25-14)20(22)23/h1-4,9H,5-8,10H2,(H,18,21). The Balaban J connectivity index is 1.61. The Morgan fingerprint density at radius 2 is 2.04 bits per heavy atom. The normalized spacial score (nSPS) is 14.4. The van der Waals surface area contributed by atoms with Gasteiger partial charge in [-0.25, -0.2) is 4.39 Å². The quantitative estimate of drug-likeness (QED) is 0.656. The number of ether oxygens (including phenoxy) is 1. The van der Waals surface area contributed by atoms with E-state index in [1.54, 1.807) is 12.1 Å². The Morgan fingerprint density at radius 3 is 2.68 bits per heavy atom. The van der Waals surface area contributed by atoms with Gasteiger partial charge in [-0.05, 0) is 23.8 Å². The fourth-order valence-electron chi connectivity index (χ4n) is 2.54. The largest absolute Gasteiger partial charge is 0.433 e. The van der Waals surface area contributed by atoms with Crippen molar-refractivity contribution in [3.8, 4) is 0 Å². The summed E-state index contributed by atoms with van der Waals surface area (Å²) in [4.78, 5) is 23.6. The summed E-state index contributed by atoms with van der Waals surface area (Å²) in [5.74, 6) is -1.66. The molecule has 1 N–H and O–H groups in total. The second kappa shape index (κ2) is 7.31. The highest BCUT2D eigenvalue weighted by Gasteiger charge is 2.18. The number of anilines is 1. The monoisotopic (exact) mass is 349 g/mol. The SMILES string of the molecule is O=C(NCc1ccc(N2CCOCC2)c(F)c1)c1ccc([N+](=O)[O-])o1. The smallest absolute Gasteiger partial charge is 0.395 e. The van der Waals surface area contributed by atoms with Gasteiger partial charge in [0.05, 0.1) is 25.0 Å². The van der Waals surface area contributed by atoms with E-state index in [2.05, 4.69) is 5.32 Å². The molecule has 1 aliphatic rings. The minimum Gasteiger partial charge on any atom is -0.395 e. The Bertz CT molecular complexity index is 786. The molecule has 2 heterocycles. The molecule has 9 heteroatoms. The molecule has 1 saturated heterocycles. The molecule has 1 aromatic heterocycles. The van der Waals surface area contributed by atoms with Crippen molar-refractivity contribution in [3.63, 3.8) is 0 Å². The number of benzene rings is 1. The predicted octanol–water partition coefficient (Wildman–Crippen LogP) is 2.09. The number of rotatable bonds is 5. The van der Waals surface area contributed by atoms with Crippen LogP contribution in [0.3, 0.4) is 0 Å². The number of hydrogen-bond donors (Lipinski definition) is 1. The molecule has 0 aliphatic carbocycles. The van der Waals surface area contributed by atoms with Crippen molar-refractivity contribution in [2.45, 2.75) is 6.54 Å². The maximum Gasteiger partial charge on any atom is 0.433 e. The molecule has 8 nitrogen and oxygen atoms in total. The molecule has 0 unspecified atom stereocenters. The number of hydrogen-bond acceptors (Lipinski definition) is 6. The maximum atomic E-state index is 14.3. The van der Waals surface area contributed by atoms with Gasteiger partial charge >= 0.3 is 5.88 Å². The third kappa shape index (κ3) is 3.94. The summed E-state index contributed by atoms with van der Waals surface area (Å²) in [5.41, 5.74) is 1.07. The van der Waals surface area contributed by atoms with Crippen LogP contribution in [0, 0.1) is 15.9 Å². The van der Waals surface area contributed by atoms with Crippen molar-refractivity contribution in [1.82, 2.24) is 5.32 Å². The zero-order valence-corrected chi connectivity index (χ0v) is 13.2. The molecule has 1 amide bonds. The number of amides is 1. The van der Waals surface area contributed by atoms with Gasteiger partial charge in [-0.3, -0.25) is 14.9 Å². The van der Waals surface area contributed by atoms with Crippen LogP contribution in [0.1, 0.15) is 16.1 Å². The van der Waals surface area contributed by atoms with Gasteiger partial charge in [0.15, 0.2) is 5.76 Å². The Labute approximate surface area is 142 Å². The number of morpholine rings is 1. The molecule has 1 aromatic carbocycles. The summed E-state index contributed by atoms with van der Waals surface area (Å²) >= 11 is 0. The maximum absolute atomic E-state index is 14.3. The van der Waals surface area contributed by atoms with Crippen LogP contribution in [-0.4, -0.2) is 37.1 Å². The lowest BCUT2D eigenvalue weighted by Crippen LogP contribution is -2.36. The first-order chi connectivity index (χ1) is 12.0. The summed E-state index contributed by atoms with van der Waals surface area (Å²) < 4.78 is 24.3. The molecule has 0 radical (unpaired) electrons. The molecule has 0 saturated carbocycles. The number of carbonyl (C=O) groups is 1. The van der Waals surface area contributed by atoms with E-state index >= 15 is 0 Å². The summed E-state index contributed by atoms with van der Waals surface area (Å²) in [5, 5.41) is 13.1. The number of furan rings is 1. The minimum absolute atomic E-state index is 0.0770. The van der Waals surface area contributed by atoms with Gasteiger partial charge < -0.3 is 19.4 Å². The first-order valence-electron chi connectivity index (χ1n) is 7.68. The van der Waals surface area contributed by atoms with Crippen LogP contribution in [0.2, 0.25) is 0 Å². The lowest BCUT2D eigenvalue weighted by molar-refractivity contribution is -0.402. The highest BCUT2D eigenvalue weighted by atomic mass is 19.1. The van der Waals surface area contributed by atoms with Gasteiger partial charge in [-0.2, -0.15) is 0 Å². The number of nitrogens with zero attached hydrogens (tertiary/aromatic N) is 2. The second-order valence-electron chi connectivity index (χ2n) is 5.46.